The van der Waals surface area contributed by atoms with Gasteiger partial charge in [0, 0.05) is 28.8 Å². The first kappa shape index (κ1) is 24.0. The number of carboxylic acids is 1. The van der Waals surface area contributed by atoms with Crippen molar-refractivity contribution in [2.75, 3.05) is 23.7 Å². The van der Waals surface area contributed by atoms with Gasteiger partial charge in [0.1, 0.15) is 17.1 Å². The monoisotopic (exact) mass is 520 g/mol. The zero-order valence-electron chi connectivity index (χ0n) is 17.9. The Hall–Kier alpha value is -3.10. The lowest BCUT2D eigenvalue weighted by atomic mass is 10.0. The number of aliphatic carboxylic acids is 1. The zero-order valence-corrected chi connectivity index (χ0v) is 20.3. The number of oxime groups is 1. The molecule has 34 heavy (non-hydrogen) atoms. The lowest BCUT2D eigenvalue weighted by Gasteiger charge is -2.50. The van der Waals surface area contributed by atoms with E-state index in [1.807, 2.05) is 41.4 Å². The summed E-state index contributed by atoms with van der Waals surface area (Å²) in [5.41, 5.74) is 6.18. The lowest BCUT2D eigenvalue weighted by Crippen LogP contribution is -2.71. The van der Waals surface area contributed by atoms with Gasteiger partial charge in [-0.2, -0.15) is 0 Å². The molecule has 2 amide bonds. The Morgan fingerprint density at radius 3 is 2.82 bits per heavy atom. The summed E-state index contributed by atoms with van der Waals surface area (Å²) in [5, 5.41) is 19.7. The molecule has 1 unspecified atom stereocenters. The van der Waals surface area contributed by atoms with Crippen LogP contribution in [0, 0.1) is 0 Å². The number of nitrogens with two attached hydrogens (primary N) is 1. The first-order valence-corrected chi connectivity index (χ1v) is 13.3. The number of nitrogen functional groups attached to an aromatic ring is 1. The van der Waals surface area contributed by atoms with Crippen molar-refractivity contribution < 1.29 is 28.9 Å². The number of amides is 2. The summed E-state index contributed by atoms with van der Waals surface area (Å²) in [6, 6.07) is 4.58. The predicted molar refractivity (Wildman–Crippen MR) is 126 cm³/mol. The van der Waals surface area contributed by atoms with Crippen molar-refractivity contribution in [2.24, 2.45) is 5.16 Å². The summed E-state index contributed by atoms with van der Waals surface area (Å²) in [7, 11) is 0. The minimum absolute atomic E-state index is 0.120. The van der Waals surface area contributed by atoms with Crippen LogP contribution in [0.25, 0.3) is 0 Å². The molecule has 0 aliphatic carbocycles. The highest BCUT2D eigenvalue weighted by molar-refractivity contribution is 8.00. The van der Waals surface area contributed by atoms with Crippen LogP contribution in [0.2, 0.25) is 0 Å². The SMILES string of the molecule is CSCON=C(C(=O)NC1C(=O)N2C(C(=O)[O-])=C(C[n+]3ccccc3)CS[C@@H]12)c1csc(N)n1. The molecule has 4 rings (SSSR count). The maximum absolute atomic E-state index is 13.0. The summed E-state index contributed by atoms with van der Waals surface area (Å²) >= 11 is 3.87. The molecule has 11 nitrogen and oxygen atoms in total. The minimum Gasteiger partial charge on any atom is -0.543 e. The average Bonchev–Trinajstić information content (AvgIpc) is 3.26. The Morgan fingerprint density at radius 2 is 2.18 bits per heavy atom. The smallest absolute Gasteiger partial charge is 0.276 e. The van der Waals surface area contributed by atoms with E-state index in [9.17, 15) is 19.5 Å². The molecule has 2 aromatic heterocycles. The standard InChI is InChI=1S/C20H20N6O5S3/c1-32-10-31-24-13(12-9-34-20(21)22-12)16(27)23-14-17(28)26-15(19(29)30)11(8-33-18(14)26)7-25-5-3-2-4-6-25/h2-6,9,14,18H,7-8,10H2,1H3,(H3-,21,22,23,27,29,30)/t14?,18-/m0/s1. The van der Waals surface area contributed by atoms with Crippen LogP contribution in [0.5, 0.6) is 0 Å². The van der Waals surface area contributed by atoms with Crippen LogP contribution < -0.4 is 20.7 Å². The number of aromatic nitrogens is 2. The number of rotatable bonds is 9. The molecule has 1 fully saturated rings. The molecule has 2 aromatic rings. The Labute approximate surface area is 207 Å². The van der Waals surface area contributed by atoms with Crippen LogP contribution in [0.4, 0.5) is 5.13 Å². The van der Waals surface area contributed by atoms with E-state index in [0.29, 0.717) is 17.9 Å². The molecule has 2 atom stereocenters. The van der Waals surface area contributed by atoms with Gasteiger partial charge in [-0.05, 0) is 6.26 Å². The van der Waals surface area contributed by atoms with Gasteiger partial charge in [0.25, 0.3) is 11.8 Å². The Bertz CT molecular complexity index is 1170. The summed E-state index contributed by atoms with van der Waals surface area (Å²) < 4.78 is 1.82. The molecule has 14 heteroatoms. The number of pyridine rings is 1. The molecule has 1 saturated heterocycles. The van der Waals surface area contributed by atoms with Crippen molar-refractivity contribution in [1.29, 1.82) is 0 Å². The van der Waals surface area contributed by atoms with Crippen LogP contribution in [0.15, 0.2) is 52.4 Å². The molecular formula is C20H20N6O5S3. The van der Waals surface area contributed by atoms with Crippen LogP contribution in [-0.2, 0) is 25.8 Å². The number of anilines is 1. The second kappa shape index (κ2) is 10.4. The van der Waals surface area contributed by atoms with Crippen molar-refractivity contribution in [3.63, 3.8) is 0 Å². The van der Waals surface area contributed by atoms with Crippen molar-refractivity contribution in [2.45, 2.75) is 18.0 Å². The second-order valence-electron chi connectivity index (χ2n) is 7.19. The Morgan fingerprint density at radius 1 is 1.41 bits per heavy atom. The van der Waals surface area contributed by atoms with Crippen molar-refractivity contribution in [1.82, 2.24) is 15.2 Å². The maximum Gasteiger partial charge on any atom is 0.276 e. The van der Waals surface area contributed by atoms with E-state index in [2.05, 4.69) is 15.5 Å². The fourth-order valence-electron chi connectivity index (χ4n) is 3.51. The Balaban J connectivity index is 1.52. The third kappa shape index (κ3) is 4.88. The molecular weight excluding hydrogens is 500 g/mol. The number of hydrogen-bond donors (Lipinski definition) is 2. The molecule has 178 valence electrons. The number of hydrogen-bond acceptors (Lipinski definition) is 11. The number of nitrogens with zero attached hydrogens (tertiary/aromatic N) is 4. The van der Waals surface area contributed by atoms with E-state index in [0.717, 1.165) is 11.3 Å². The molecule has 0 aromatic carbocycles. The van der Waals surface area contributed by atoms with E-state index in [1.165, 1.54) is 28.4 Å². The van der Waals surface area contributed by atoms with E-state index in [1.54, 1.807) is 5.38 Å². The van der Waals surface area contributed by atoms with Crippen molar-refractivity contribution >= 4 is 63.5 Å². The number of carbonyl (C=O) groups excluding carboxylic acids is 3. The Kier molecular flexibility index (Phi) is 7.38. The van der Waals surface area contributed by atoms with Gasteiger partial charge < -0.3 is 25.8 Å². The van der Waals surface area contributed by atoms with Gasteiger partial charge in [-0.1, -0.05) is 11.2 Å². The van der Waals surface area contributed by atoms with Crippen LogP contribution in [-0.4, -0.2) is 62.7 Å². The van der Waals surface area contributed by atoms with E-state index in [-0.39, 0.29) is 28.2 Å². The number of carboxylic acid groups (broad SMARTS) is 1. The largest absolute Gasteiger partial charge is 0.543 e. The predicted octanol–water partition coefficient (Wildman–Crippen LogP) is -0.842. The van der Waals surface area contributed by atoms with Gasteiger partial charge in [0.2, 0.25) is 0 Å². The van der Waals surface area contributed by atoms with Gasteiger partial charge in [-0.3, -0.25) is 14.5 Å². The number of β-lactam (4-membered cyclic amide) rings is 1. The maximum atomic E-state index is 13.0. The first-order chi connectivity index (χ1) is 16.4. The topological polar surface area (TPSA) is 154 Å². The van der Waals surface area contributed by atoms with Crippen molar-refractivity contribution in [3.05, 3.63) is 52.9 Å². The third-order valence-electron chi connectivity index (χ3n) is 4.98. The number of thioether (sulfide) groups is 2. The number of carbonyl (C=O) groups is 3. The first-order valence-electron chi connectivity index (χ1n) is 9.94. The number of thiazole rings is 1. The molecule has 2 aliphatic heterocycles. The van der Waals surface area contributed by atoms with Crippen LogP contribution in [0.1, 0.15) is 5.69 Å². The highest BCUT2D eigenvalue weighted by Gasteiger charge is 2.53. The molecule has 0 saturated carbocycles. The van der Waals surface area contributed by atoms with Crippen molar-refractivity contribution in [3.8, 4) is 0 Å². The number of fused-ring (bicyclic) bond motifs is 1. The fourth-order valence-corrected chi connectivity index (χ4v) is 5.55. The van der Waals surface area contributed by atoms with E-state index < -0.39 is 29.2 Å². The van der Waals surface area contributed by atoms with Gasteiger partial charge in [-0.15, -0.1) is 34.9 Å². The van der Waals surface area contributed by atoms with Gasteiger partial charge in [0.15, 0.2) is 35.7 Å². The minimum atomic E-state index is -1.43. The number of nitrogens with one attached hydrogen (secondary N) is 1. The highest BCUT2D eigenvalue weighted by Crippen LogP contribution is 2.40. The fraction of sp³-hybridized carbons (Fsp3) is 0.300. The molecule has 2 aliphatic rings. The third-order valence-corrected chi connectivity index (χ3v) is 7.34. The van der Waals surface area contributed by atoms with Gasteiger partial charge >= 0.3 is 0 Å². The quantitative estimate of drug-likeness (QED) is 0.108. The molecule has 4 heterocycles. The van der Waals surface area contributed by atoms with Gasteiger partial charge in [-0.25, -0.2) is 9.55 Å². The average molecular weight is 521 g/mol. The second-order valence-corrected chi connectivity index (χ2v) is 10.0. The summed E-state index contributed by atoms with van der Waals surface area (Å²) in [6.07, 6.45) is 5.43. The van der Waals surface area contributed by atoms with Crippen LogP contribution in [0.3, 0.4) is 0 Å². The molecule has 0 spiro atoms. The normalized spacial score (nSPS) is 20.0. The summed E-state index contributed by atoms with van der Waals surface area (Å²) in [5.74, 6) is -2.06. The summed E-state index contributed by atoms with van der Waals surface area (Å²) in [4.78, 5) is 48.2. The molecule has 0 bridgehead atoms. The molecule has 3 N–H and O–H groups in total. The van der Waals surface area contributed by atoms with Gasteiger partial charge in [0.05, 0.1) is 11.7 Å². The summed E-state index contributed by atoms with van der Waals surface area (Å²) in [6.45, 7) is 0.305. The van der Waals surface area contributed by atoms with Crippen LogP contribution >= 0.6 is 34.9 Å². The lowest BCUT2D eigenvalue weighted by molar-refractivity contribution is -0.689. The highest BCUT2D eigenvalue weighted by atomic mass is 32.2. The van der Waals surface area contributed by atoms with E-state index >= 15 is 0 Å². The molecule has 0 radical (unpaired) electrons. The zero-order chi connectivity index (χ0) is 24.2. The van der Waals surface area contributed by atoms with E-state index in [4.69, 9.17) is 10.6 Å².